The molecule has 3 nitrogen and oxygen atoms in total. The smallest absolute Gasteiger partial charge is 0.179 e. The van der Waals surface area contributed by atoms with Crippen LogP contribution in [-0.2, 0) is 0 Å². The second-order valence-corrected chi connectivity index (χ2v) is 3.05. The molecule has 0 aliphatic carbocycles. The van der Waals surface area contributed by atoms with Gasteiger partial charge >= 0.3 is 0 Å². The summed E-state index contributed by atoms with van der Waals surface area (Å²) in [6.45, 7) is 1.71. The Morgan fingerprint density at radius 3 is 2.77 bits per heavy atom. The van der Waals surface area contributed by atoms with Crippen LogP contribution in [0, 0.1) is 6.92 Å². The molecule has 0 saturated heterocycles. The average Bonchev–Trinajstić information content (AvgIpc) is 2.10. The van der Waals surface area contributed by atoms with Crippen molar-refractivity contribution in [2.24, 2.45) is 0 Å². The van der Waals surface area contributed by atoms with E-state index in [4.69, 9.17) is 17.3 Å². The SMILES string of the molecule is Cc1cc(N)c(C(=O)CCl)cc1O. The maximum absolute atomic E-state index is 11.2. The van der Waals surface area contributed by atoms with Crippen LogP contribution in [0.1, 0.15) is 15.9 Å². The van der Waals surface area contributed by atoms with Crippen molar-refractivity contribution >= 4 is 23.1 Å². The first-order valence-corrected chi connectivity index (χ1v) is 4.28. The van der Waals surface area contributed by atoms with Gasteiger partial charge in [-0.15, -0.1) is 11.6 Å². The standard InChI is InChI=1S/C9H10ClNO2/c1-5-2-7(11)6(3-8(5)12)9(13)4-10/h2-3,12H,4,11H2,1H3. The van der Waals surface area contributed by atoms with Crippen LogP contribution in [-0.4, -0.2) is 16.8 Å². The van der Waals surface area contributed by atoms with E-state index in [9.17, 15) is 9.90 Å². The molecule has 70 valence electrons. The molecule has 4 heteroatoms. The highest BCUT2D eigenvalue weighted by Gasteiger charge is 2.10. The van der Waals surface area contributed by atoms with Crippen molar-refractivity contribution in [2.75, 3.05) is 11.6 Å². The summed E-state index contributed by atoms with van der Waals surface area (Å²) >= 11 is 5.36. The molecule has 1 aromatic rings. The van der Waals surface area contributed by atoms with Crippen LogP contribution in [0.2, 0.25) is 0 Å². The number of hydrogen-bond donors (Lipinski definition) is 2. The fourth-order valence-electron chi connectivity index (χ4n) is 1.03. The van der Waals surface area contributed by atoms with Crippen LogP contribution >= 0.6 is 11.6 Å². The third-order valence-electron chi connectivity index (χ3n) is 1.79. The first kappa shape index (κ1) is 9.86. The summed E-state index contributed by atoms with van der Waals surface area (Å²) in [5, 5.41) is 9.32. The molecule has 3 N–H and O–H groups in total. The summed E-state index contributed by atoms with van der Waals surface area (Å²) < 4.78 is 0. The Bertz CT molecular complexity index is 350. The molecule has 0 aliphatic rings. The molecule has 1 aromatic carbocycles. The number of anilines is 1. The lowest BCUT2D eigenvalue weighted by Gasteiger charge is -2.05. The van der Waals surface area contributed by atoms with E-state index in [1.54, 1.807) is 13.0 Å². The molecule has 0 fully saturated rings. The predicted octanol–water partition coefficient (Wildman–Crippen LogP) is 1.70. The quantitative estimate of drug-likeness (QED) is 0.330. The molecular weight excluding hydrogens is 190 g/mol. The van der Waals surface area contributed by atoms with E-state index in [1.807, 2.05) is 0 Å². The van der Waals surface area contributed by atoms with Crippen LogP contribution in [0.5, 0.6) is 5.75 Å². The maximum atomic E-state index is 11.2. The average molecular weight is 200 g/mol. The van der Waals surface area contributed by atoms with E-state index in [0.29, 0.717) is 11.3 Å². The number of phenols is 1. The summed E-state index contributed by atoms with van der Waals surface area (Å²) in [7, 11) is 0. The fraction of sp³-hybridized carbons (Fsp3) is 0.222. The van der Waals surface area contributed by atoms with Crippen LogP contribution in [0.25, 0.3) is 0 Å². The second kappa shape index (κ2) is 3.66. The van der Waals surface area contributed by atoms with E-state index in [2.05, 4.69) is 0 Å². The summed E-state index contributed by atoms with van der Waals surface area (Å²) in [5.41, 5.74) is 6.84. The van der Waals surface area contributed by atoms with Crippen molar-refractivity contribution in [1.29, 1.82) is 0 Å². The van der Waals surface area contributed by atoms with E-state index >= 15 is 0 Å². The fourth-order valence-corrected chi connectivity index (χ4v) is 1.18. The van der Waals surface area contributed by atoms with E-state index in [0.717, 1.165) is 0 Å². The van der Waals surface area contributed by atoms with Crippen molar-refractivity contribution in [3.63, 3.8) is 0 Å². The number of ketones is 1. The van der Waals surface area contributed by atoms with Crippen LogP contribution < -0.4 is 5.73 Å². The number of nitrogens with two attached hydrogens (primary N) is 1. The maximum Gasteiger partial charge on any atom is 0.179 e. The molecule has 0 saturated carbocycles. The predicted molar refractivity (Wildman–Crippen MR) is 52.3 cm³/mol. The van der Waals surface area contributed by atoms with Crippen LogP contribution in [0.4, 0.5) is 5.69 Å². The number of aromatic hydroxyl groups is 1. The number of aryl methyl sites for hydroxylation is 1. The Morgan fingerprint density at radius 2 is 2.23 bits per heavy atom. The van der Waals surface area contributed by atoms with Crippen molar-refractivity contribution in [3.05, 3.63) is 23.3 Å². The third kappa shape index (κ3) is 1.92. The first-order valence-electron chi connectivity index (χ1n) is 3.74. The van der Waals surface area contributed by atoms with Gasteiger partial charge in [0.2, 0.25) is 0 Å². The molecule has 0 spiro atoms. The number of benzene rings is 1. The Morgan fingerprint density at radius 1 is 1.62 bits per heavy atom. The van der Waals surface area contributed by atoms with Gasteiger partial charge in [-0.25, -0.2) is 0 Å². The summed E-state index contributed by atoms with van der Waals surface area (Å²) in [4.78, 5) is 11.2. The van der Waals surface area contributed by atoms with Gasteiger partial charge in [0.25, 0.3) is 0 Å². The molecule has 1 rings (SSSR count). The zero-order valence-electron chi connectivity index (χ0n) is 7.17. The number of carbonyl (C=O) groups is 1. The van der Waals surface area contributed by atoms with Gasteiger partial charge in [0.1, 0.15) is 5.75 Å². The molecule has 0 radical (unpaired) electrons. The highest BCUT2D eigenvalue weighted by atomic mass is 35.5. The lowest BCUT2D eigenvalue weighted by Crippen LogP contribution is -2.05. The van der Waals surface area contributed by atoms with E-state index in [-0.39, 0.29) is 23.0 Å². The van der Waals surface area contributed by atoms with Gasteiger partial charge in [0.05, 0.1) is 5.88 Å². The topological polar surface area (TPSA) is 63.3 Å². The molecular formula is C9H10ClNO2. The normalized spacial score (nSPS) is 10.0. The molecule has 0 amide bonds. The number of nitrogen functional groups attached to an aromatic ring is 1. The number of alkyl halides is 1. The zero-order chi connectivity index (χ0) is 10.0. The minimum atomic E-state index is -0.283. The zero-order valence-corrected chi connectivity index (χ0v) is 7.93. The van der Waals surface area contributed by atoms with Gasteiger partial charge in [0.15, 0.2) is 5.78 Å². The monoisotopic (exact) mass is 199 g/mol. The lowest BCUT2D eigenvalue weighted by atomic mass is 10.1. The molecule has 0 bridgehead atoms. The second-order valence-electron chi connectivity index (χ2n) is 2.78. The highest BCUT2D eigenvalue weighted by molar-refractivity contribution is 6.31. The third-order valence-corrected chi connectivity index (χ3v) is 2.03. The summed E-state index contributed by atoms with van der Waals surface area (Å²) in [5.74, 6) is -0.357. The summed E-state index contributed by atoms with van der Waals surface area (Å²) in [6.07, 6.45) is 0. The Hall–Kier alpha value is -1.22. The van der Waals surface area contributed by atoms with Crippen molar-refractivity contribution in [1.82, 2.24) is 0 Å². The Kier molecular flexibility index (Phi) is 2.78. The van der Waals surface area contributed by atoms with Crippen molar-refractivity contribution in [3.8, 4) is 5.75 Å². The summed E-state index contributed by atoms with van der Waals surface area (Å²) in [6, 6.07) is 2.89. The van der Waals surface area contributed by atoms with Gasteiger partial charge in [-0.2, -0.15) is 0 Å². The molecule has 0 aromatic heterocycles. The first-order chi connectivity index (χ1) is 6.06. The minimum Gasteiger partial charge on any atom is -0.508 e. The van der Waals surface area contributed by atoms with E-state index in [1.165, 1.54) is 6.07 Å². The van der Waals surface area contributed by atoms with Gasteiger partial charge in [-0.05, 0) is 24.6 Å². The van der Waals surface area contributed by atoms with Crippen molar-refractivity contribution in [2.45, 2.75) is 6.92 Å². The van der Waals surface area contributed by atoms with E-state index < -0.39 is 0 Å². The molecule has 13 heavy (non-hydrogen) atoms. The van der Waals surface area contributed by atoms with Crippen molar-refractivity contribution < 1.29 is 9.90 Å². The van der Waals surface area contributed by atoms with Crippen LogP contribution in [0.15, 0.2) is 12.1 Å². The molecule has 0 atom stereocenters. The number of phenolic OH excluding ortho intramolecular Hbond substituents is 1. The molecule has 0 aliphatic heterocycles. The van der Waals surface area contributed by atoms with Gasteiger partial charge < -0.3 is 10.8 Å². The highest BCUT2D eigenvalue weighted by Crippen LogP contribution is 2.23. The van der Waals surface area contributed by atoms with Gasteiger partial charge in [0, 0.05) is 11.3 Å². The number of hydrogen-bond acceptors (Lipinski definition) is 3. The Labute approximate surface area is 81.1 Å². The number of rotatable bonds is 2. The number of halogens is 1. The Balaban J connectivity index is 3.23. The minimum absolute atomic E-state index is 0.0580. The largest absolute Gasteiger partial charge is 0.508 e. The molecule has 0 unspecified atom stereocenters. The number of Topliss-reactive ketones (excluding diaryl/α,β-unsaturated/α-hetero) is 1. The van der Waals surface area contributed by atoms with Crippen LogP contribution in [0.3, 0.4) is 0 Å². The van der Waals surface area contributed by atoms with Gasteiger partial charge in [-0.1, -0.05) is 0 Å². The number of carbonyl (C=O) groups excluding carboxylic acids is 1. The lowest BCUT2D eigenvalue weighted by molar-refractivity contribution is 0.102. The van der Waals surface area contributed by atoms with Gasteiger partial charge in [-0.3, -0.25) is 4.79 Å². The molecule has 0 heterocycles.